The predicted molar refractivity (Wildman–Crippen MR) is 64.0 cm³/mol. The lowest BCUT2D eigenvalue weighted by Crippen LogP contribution is -2.13. The summed E-state index contributed by atoms with van der Waals surface area (Å²) in [6.45, 7) is 0. The Hall–Kier alpha value is -1.53. The molecule has 0 unspecified atom stereocenters. The molecule has 19 heavy (non-hydrogen) atoms. The number of benzene rings is 1. The summed E-state index contributed by atoms with van der Waals surface area (Å²) in [4.78, 5) is 10.6. The first-order valence-corrected chi connectivity index (χ1v) is 5.66. The van der Waals surface area contributed by atoms with Crippen LogP contribution in [0.4, 0.5) is 13.2 Å². The van der Waals surface area contributed by atoms with Crippen LogP contribution in [0.25, 0.3) is 5.69 Å². The van der Waals surface area contributed by atoms with Crippen molar-refractivity contribution in [3.05, 3.63) is 45.7 Å². The molecule has 2 rings (SSSR count). The van der Waals surface area contributed by atoms with Crippen LogP contribution < -0.4 is 0 Å². The molecule has 3 nitrogen and oxygen atoms in total. The van der Waals surface area contributed by atoms with Gasteiger partial charge in [-0.25, -0.2) is 4.68 Å². The molecule has 0 N–H and O–H groups in total. The number of aldehydes is 1. The van der Waals surface area contributed by atoms with Gasteiger partial charge in [-0.1, -0.05) is 23.2 Å². The van der Waals surface area contributed by atoms with Crippen LogP contribution in [0.1, 0.15) is 16.2 Å². The van der Waals surface area contributed by atoms with Crippen molar-refractivity contribution in [1.82, 2.24) is 9.78 Å². The number of carbonyl (C=O) groups excluding carboxylic acids is 1. The van der Waals surface area contributed by atoms with Crippen molar-refractivity contribution in [1.29, 1.82) is 0 Å². The van der Waals surface area contributed by atoms with Gasteiger partial charge in [0.25, 0.3) is 0 Å². The second-order valence-electron chi connectivity index (χ2n) is 3.61. The molecule has 0 spiro atoms. The molecule has 0 aliphatic rings. The van der Waals surface area contributed by atoms with Crippen molar-refractivity contribution in [3.8, 4) is 5.69 Å². The zero-order valence-electron chi connectivity index (χ0n) is 9.08. The molecule has 8 heteroatoms. The summed E-state index contributed by atoms with van der Waals surface area (Å²) < 4.78 is 39.1. The zero-order valence-corrected chi connectivity index (χ0v) is 10.6. The fourth-order valence-corrected chi connectivity index (χ4v) is 2.03. The first-order chi connectivity index (χ1) is 8.81. The summed E-state index contributed by atoms with van der Waals surface area (Å²) >= 11 is 11.5. The van der Waals surface area contributed by atoms with Gasteiger partial charge in [0.05, 0.1) is 5.69 Å². The number of nitrogens with zero attached hydrogens (tertiary/aromatic N) is 2. The number of halogens is 5. The van der Waals surface area contributed by atoms with Crippen molar-refractivity contribution >= 4 is 29.5 Å². The lowest BCUT2D eigenvalue weighted by molar-refractivity contribution is -0.142. The summed E-state index contributed by atoms with van der Waals surface area (Å²) in [6, 6.07) is 4.57. The maximum Gasteiger partial charge on any atom is 0.433 e. The fourth-order valence-electron chi connectivity index (χ4n) is 1.52. The Kier molecular flexibility index (Phi) is 3.56. The highest BCUT2D eigenvalue weighted by atomic mass is 35.5. The number of carbonyl (C=O) groups is 1. The van der Waals surface area contributed by atoms with Crippen LogP contribution in [0.15, 0.2) is 24.3 Å². The lowest BCUT2D eigenvalue weighted by Gasteiger charge is -2.10. The Morgan fingerprint density at radius 2 is 1.68 bits per heavy atom. The van der Waals surface area contributed by atoms with Gasteiger partial charge in [-0.15, -0.1) is 0 Å². The van der Waals surface area contributed by atoms with E-state index in [1.165, 1.54) is 18.2 Å². The first kappa shape index (κ1) is 13.9. The van der Waals surface area contributed by atoms with Crippen molar-refractivity contribution < 1.29 is 18.0 Å². The van der Waals surface area contributed by atoms with Crippen LogP contribution in [0.3, 0.4) is 0 Å². The third-order valence-corrected chi connectivity index (χ3v) is 2.67. The van der Waals surface area contributed by atoms with Gasteiger partial charge >= 0.3 is 6.18 Å². The van der Waals surface area contributed by atoms with E-state index in [-0.39, 0.29) is 27.7 Å². The smallest absolute Gasteiger partial charge is 0.296 e. The van der Waals surface area contributed by atoms with Crippen LogP contribution in [0, 0.1) is 0 Å². The van der Waals surface area contributed by atoms with Gasteiger partial charge in [0.1, 0.15) is 11.4 Å². The van der Waals surface area contributed by atoms with Crippen molar-refractivity contribution in [2.75, 3.05) is 0 Å². The topological polar surface area (TPSA) is 34.9 Å². The zero-order chi connectivity index (χ0) is 14.2. The fraction of sp³-hybridized carbons (Fsp3) is 0.0909. The van der Waals surface area contributed by atoms with E-state index in [1.54, 1.807) is 0 Å². The molecular weight excluding hydrogens is 304 g/mol. The van der Waals surface area contributed by atoms with E-state index in [9.17, 15) is 18.0 Å². The normalized spacial score (nSPS) is 11.6. The molecule has 2 aromatic rings. The molecular formula is C11H5Cl2F3N2O. The quantitative estimate of drug-likeness (QED) is 0.786. The van der Waals surface area contributed by atoms with Crippen molar-refractivity contribution in [2.45, 2.75) is 6.18 Å². The molecule has 0 aliphatic carbocycles. The van der Waals surface area contributed by atoms with Crippen molar-refractivity contribution in [2.24, 2.45) is 0 Å². The van der Waals surface area contributed by atoms with Crippen LogP contribution in [-0.4, -0.2) is 16.1 Å². The average Bonchev–Trinajstić information content (AvgIpc) is 2.71. The minimum atomic E-state index is -4.65. The highest BCUT2D eigenvalue weighted by molar-refractivity contribution is 6.34. The third-order valence-electron chi connectivity index (χ3n) is 2.23. The monoisotopic (exact) mass is 308 g/mol. The van der Waals surface area contributed by atoms with Gasteiger partial charge in [-0.3, -0.25) is 4.79 Å². The van der Waals surface area contributed by atoms with Crippen molar-refractivity contribution in [3.63, 3.8) is 0 Å². The predicted octanol–water partition coefficient (Wildman–Crippen LogP) is 4.01. The van der Waals surface area contributed by atoms with Crippen LogP contribution in [0.2, 0.25) is 10.0 Å². The van der Waals surface area contributed by atoms with Gasteiger partial charge in [0.2, 0.25) is 0 Å². The minimum absolute atomic E-state index is 0.0259. The van der Waals surface area contributed by atoms with Gasteiger partial charge in [0.15, 0.2) is 6.29 Å². The van der Waals surface area contributed by atoms with E-state index in [1.807, 2.05) is 0 Å². The molecule has 1 aromatic heterocycles. The van der Waals surface area contributed by atoms with Gasteiger partial charge in [-0.05, 0) is 24.3 Å². The Balaban J connectivity index is 2.66. The van der Waals surface area contributed by atoms with Crippen LogP contribution in [-0.2, 0) is 6.18 Å². The van der Waals surface area contributed by atoms with Crippen LogP contribution >= 0.6 is 23.2 Å². The Bertz CT molecular complexity index is 617. The van der Waals surface area contributed by atoms with E-state index >= 15 is 0 Å². The van der Waals surface area contributed by atoms with E-state index < -0.39 is 11.9 Å². The maximum atomic E-state index is 12.8. The molecule has 0 fully saturated rings. The number of aromatic nitrogens is 2. The molecule has 0 radical (unpaired) electrons. The summed E-state index contributed by atoms with van der Waals surface area (Å²) in [5.74, 6) is 0. The van der Waals surface area contributed by atoms with E-state index in [2.05, 4.69) is 5.10 Å². The molecule has 1 heterocycles. The largest absolute Gasteiger partial charge is 0.433 e. The molecule has 0 atom stereocenters. The highest BCUT2D eigenvalue weighted by Crippen LogP contribution is 2.32. The van der Waals surface area contributed by atoms with Gasteiger partial charge < -0.3 is 0 Å². The number of alkyl halides is 3. The summed E-state index contributed by atoms with van der Waals surface area (Å²) in [5.41, 5.74) is -1.38. The average molecular weight is 309 g/mol. The minimum Gasteiger partial charge on any atom is -0.296 e. The lowest BCUT2D eigenvalue weighted by atomic mass is 10.3. The Morgan fingerprint density at radius 1 is 1.11 bits per heavy atom. The highest BCUT2D eigenvalue weighted by Gasteiger charge is 2.36. The molecule has 100 valence electrons. The van der Waals surface area contributed by atoms with Gasteiger partial charge in [-0.2, -0.15) is 18.3 Å². The second kappa shape index (κ2) is 4.86. The molecule has 0 amide bonds. The summed E-state index contributed by atoms with van der Waals surface area (Å²) in [7, 11) is 0. The summed E-state index contributed by atoms with van der Waals surface area (Å²) in [6.07, 6.45) is -4.42. The second-order valence-corrected chi connectivity index (χ2v) is 4.48. The molecule has 0 bridgehead atoms. The SMILES string of the molecule is O=Cc1cc(C(F)(F)F)n(-c2cc(Cl)cc(Cl)c2)n1. The van der Waals surface area contributed by atoms with E-state index in [4.69, 9.17) is 23.2 Å². The van der Waals surface area contributed by atoms with E-state index in [0.717, 1.165) is 0 Å². The van der Waals surface area contributed by atoms with E-state index in [0.29, 0.717) is 10.7 Å². The number of hydrogen-bond donors (Lipinski definition) is 0. The Morgan fingerprint density at radius 3 is 2.16 bits per heavy atom. The molecule has 0 aliphatic heterocycles. The maximum absolute atomic E-state index is 12.8. The summed E-state index contributed by atoms with van der Waals surface area (Å²) in [5, 5.41) is 3.89. The number of rotatable bonds is 2. The molecule has 1 aromatic carbocycles. The number of hydrogen-bond acceptors (Lipinski definition) is 2. The molecule has 0 saturated heterocycles. The van der Waals surface area contributed by atoms with Gasteiger partial charge in [0, 0.05) is 10.0 Å². The molecule has 0 saturated carbocycles. The third kappa shape index (κ3) is 2.90. The van der Waals surface area contributed by atoms with Crippen LogP contribution in [0.5, 0.6) is 0 Å². The standard InChI is InChI=1S/C11H5Cl2F3N2O/c12-6-1-7(13)3-9(2-6)18-10(11(14,15)16)4-8(5-19)17-18/h1-5H. The Labute approximate surface area is 115 Å². The first-order valence-electron chi connectivity index (χ1n) is 4.90.